The van der Waals surface area contributed by atoms with Crippen LogP contribution in [-0.2, 0) is 4.74 Å². The molecule has 7 heteroatoms. The highest BCUT2D eigenvalue weighted by molar-refractivity contribution is 6.31. The van der Waals surface area contributed by atoms with Crippen LogP contribution in [0, 0.1) is 0 Å². The fourth-order valence-corrected chi connectivity index (χ4v) is 2.75. The number of carbonyl (C=O) groups excluding carboxylic acids is 1. The number of halogens is 2. The van der Waals surface area contributed by atoms with Gasteiger partial charge in [0.25, 0.3) is 0 Å². The molecule has 0 saturated heterocycles. The number of rotatable bonds is 4. The zero-order valence-electron chi connectivity index (χ0n) is 13.2. The van der Waals surface area contributed by atoms with Gasteiger partial charge in [-0.25, -0.2) is 4.79 Å². The van der Waals surface area contributed by atoms with E-state index >= 15 is 0 Å². The number of pyridine rings is 1. The SMILES string of the molecule is CCOC(=O)c1cnc2ccc(Cl)cc2c1Nc1cc(Cl)ccc1O. The van der Waals surface area contributed by atoms with Crippen LogP contribution < -0.4 is 5.32 Å². The maximum absolute atomic E-state index is 12.3. The van der Waals surface area contributed by atoms with E-state index in [9.17, 15) is 9.90 Å². The van der Waals surface area contributed by atoms with E-state index in [-0.39, 0.29) is 17.9 Å². The van der Waals surface area contributed by atoms with Gasteiger partial charge in [0.05, 0.1) is 23.5 Å². The maximum atomic E-state index is 12.3. The third kappa shape index (κ3) is 3.62. The van der Waals surface area contributed by atoms with E-state index < -0.39 is 5.97 Å². The Kier molecular flexibility index (Phi) is 4.97. The molecule has 3 aromatic rings. The molecule has 0 aliphatic rings. The number of phenols is 1. The van der Waals surface area contributed by atoms with Crippen molar-refractivity contribution in [1.82, 2.24) is 4.98 Å². The van der Waals surface area contributed by atoms with E-state index in [1.165, 1.54) is 12.3 Å². The van der Waals surface area contributed by atoms with Crippen LogP contribution in [0.5, 0.6) is 5.75 Å². The highest BCUT2D eigenvalue weighted by Crippen LogP contribution is 2.35. The molecule has 2 aromatic carbocycles. The average Bonchev–Trinajstić information content (AvgIpc) is 2.58. The molecular formula is C18H14Cl2N2O3. The van der Waals surface area contributed by atoms with Crippen LogP contribution in [0.1, 0.15) is 17.3 Å². The van der Waals surface area contributed by atoms with Gasteiger partial charge >= 0.3 is 5.97 Å². The lowest BCUT2D eigenvalue weighted by atomic mass is 10.1. The molecular weight excluding hydrogens is 363 g/mol. The summed E-state index contributed by atoms with van der Waals surface area (Å²) in [5.41, 5.74) is 1.66. The van der Waals surface area contributed by atoms with Crippen LogP contribution in [-0.4, -0.2) is 22.7 Å². The predicted octanol–water partition coefficient (Wildman–Crippen LogP) is 5.17. The first kappa shape index (κ1) is 17.3. The molecule has 3 rings (SSSR count). The summed E-state index contributed by atoms with van der Waals surface area (Å²) in [6.45, 7) is 1.95. The van der Waals surface area contributed by atoms with Crippen molar-refractivity contribution in [3.05, 3.63) is 58.2 Å². The van der Waals surface area contributed by atoms with Crippen molar-refractivity contribution in [3.8, 4) is 5.75 Å². The van der Waals surface area contributed by atoms with Gasteiger partial charge in [-0.3, -0.25) is 4.98 Å². The number of carbonyl (C=O) groups is 1. The Hall–Kier alpha value is -2.50. The Morgan fingerprint density at radius 1 is 1.20 bits per heavy atom. The number of phenolic OH excluding ortho intramolecular Hbond substituents is 1. The lowest BCUT2D eigenvalue weighted by Gasteiger charge is -2.15. The molecule has 0 bridgehead atoms. The van der Waals surface area contributed by atoms with Crippen molar-refractivity contribution in [3.63, 3.8) is 0 Å². The van der Waals surface area contributed by atoms with E-state index in [1.807, 2.05) is 0 Å². The minimum Gasteiger partial charge on any atom is -0.506 e. The molecule has 2 N–H and O–H groups in total. The van der Waals surface area contributed by atoms with Crippen molar-refractivity contribution < 1.29 is 14.6 Å². The van der Waals surface area contributed by atoms with Crippen molar-refractivity contribution >= 4 is 51.4 Å². The van der Waals surface area contributed by atoms with Gasteiger partial charge in [-0.1, -0.05) is 23.2 Å². The molecule has 25 heavy (non-hydrogen) atoms. The lowest BCUT2D eigenvalue weighted by molar-refractivity contribution is 0.0527. The van der Waals surface area contributed by atoms with Crippen LogP contribution >= 0.6 is 23.2 Å². The molecule has 0 spiro atoms. The summed E-state index contributed by atoms with van der Waals surface area (Å²) in [5.74, 6) is -0.535. The lowest BCUT2D eigenvalue weighted by Crippen LogP contribution is -2.09. The second-order valence-electron chi connectivity index (χ2n) is 5.22. The molecule has 0 amide bonds. The van der Waals surface area contributed by atoms with Gasteiger partial charge in [-0.2, -0.15) is 0 Å². The van der Waals surface area contributed by atoms with Crippen LogP contribution in [0.3, 0.4) is 0 Å². The molecule has 0 fully saturated rings. The number of hydrogen-bond acceptors (Lipinski definition) is 5. The molecule has 5 nitrogen and oxygen atoms in total. The van der Waals surface area contributed by atoms with Gasteiger partial charge in [0.15, 0.2) is 0 Å². The molecule has 0 aliphatic heterocycles. The fraction of sp³-hybridized carbons (Fsp3) is 0.111. The fourth-order valence-electron chi connectivity index (χ4n) is 2.41. The summed E-state index contributed by atoms with van der Waals surface area (Å²) >= 11 is 12.1. The molecule has 0 atom stereocenters. The average molecular weight is 377 g/mol. The molecule has 0 unspecified atom stereocenters. The maximum Gasteiger partial charge on any atom is 0.341 e. The Bertz CT molecular complexity index is 960. The van der Waals surface area contributed by atoms with E-state index in [4.69, 9.17) is 27.9 Å². The van der Waals surface area contributed by atoms with Gasteiger partial charge < -0.3 is 15.2 Å². The number of aromatic nitrogens is 1. The highest BCUT2D eigenvalue weighted by Gasteiger charge is 2.18. The quantitative estimate of drug-likeness (QED) is 0.485. The second kappa shape index (κ2) is 7.17. The van der Waals surface area contributed by atoms with Crippen LogP contribution in [0.15, 0.2) is 42.6 Å². The third-order valence-corrected chi connectivity index (χ3v) is 4.01. The second-order valence-corrected chi connectivity index (χ2v) is 6.09. The Morgan fingerprint density at radius 2 is 1.92 bits per heavy atom. The van der Waals surface area contributed by atoms with Crippen LogP contribution in [0.25, 0.3) is 10.9 Å². The van der Waals surface area contributed by atoms with Crippen molar-refractivity contribution in [2.24, 2.45) is 0 Å². The predicted molar refractivity (Wildman–Crippen MR) is 99.1 cm³/mol. The van der Waals surface area contributed by atoms with Crippen LogP contribution in [0.2, 0.25) is 10.0 Å². The number of anilines is 2. The minimum atomic E-state index is -0.527. The topological polar surface area (TPSA) is 71.5 Å². The summed E-state index contributed by atoms with van der Waals surface area (Å²) in [6, 6.07) is 9.73. The number of ether oxygens (including phenoxy) is 1. The Labute approximate surface area is 154 Å². The third-order valence-electron chi connectivity index (χ3n) is 3.54. The Morgan fingerprint density at radius 3 is 2.68 bits per heavy atom. The number of benzene rings is 2. The summed E-state index contributed by atoms with van der Waals surface area (Å²) in [6.07, 6.45) is 1.43. The minimum absolute atomic E-state index is 0.00815. The number of aromatic hydroxyl groups is 1. The summed E-state index contributed by atoms with van der Waals surface area (Å²) in [5, 5.41) is 14.7. The first-order chi connectivity index (χ1) is 12.0. The van der Waals surface area contributed by atoms with Crippen molar-refractivity contribution in [1.29, 1.82) is 0 Å². The largest absolute Gasteiger partial charge is 0.506 e. The Balaban J connectivity index is 2.21. The van der Waals surface area contributed by atoms with E-state index in [2.05, 4.69) is 10.3 Å². The molecule has 0 saturated carbocycles. The molecule has 1 heterocycles. The van der Waals surface area contributed by atoms with E-state index in [0.29, 0.717) is 32.3 Å². The number of esters is 1. The summed E-state index contributed by atoms with van der Waals surface area (Å²) < 4.78 is 5.10. The molecule has 0 radical (unpaired) electrons. The van der Waals surface area contributed by atoms with Crippen molar-refractivity contribution in [2.75, 3.05) is 11.9 Å². The summed E-state index contributed by atoms with van der Waals surface area (Å²) in [7, 11) is 0. The van der Waals surface area contributed by atoms with E-state index in [0.717, 1.165) is 0 Å². The smallest absolute Gasteiger partial charge is 0.341 e. The molecule has 1 aromatic heterocycles. The molecule has 0 aliphatic carbocycles. The number of fused-ring (bicyclic) bond motifs is 1. The normalized spacial score (nSPS) is 10.7. The number of nitrogens with one attached hydrogen (secondary N) is 1. The van der Waals surface area contributed by atoms with Gasteiger partial charge in [0.1, 0.15) is 11.3 Å². The van der Waals surface area contributed by atoms with Crippen LogP contribution in [0.4, 0.5) is 11.4 Å². The number of nitrogens with zero attached hydrogens (tertiary/aromatic N) is 1. The first-order valence-electron chi connectivity index (χ1n) is 7.50. The zero-order chi connectivity index (χ0) is 18.0. The van der Waals surface area contributed by atoms with Gasteiger partial charge in [0, 0.05) is 21.6 Å². The zero-order valence-corrected chi connectivity index (χ0v) is 14.7. The van der Waals surface area contributed by atoms with Crippen molar-refractivity contribution in [2.45, 2.75) is 6.92 Å². The molecule has 128 valence electrons. The van der Waals surface area contributed by atoms with E-state index in [1.54, 1.807) is 37.3 Å². The van der Waals surface area contributed by atoms with Gasteiger partial charge in [-0.05, 0) is 43.3 Å². The highest BCUT2D eigenvalue weighted by atomic mass is 35.5. The standard InChI is InChI=1S/C18H14Cl2N2O3/c1-2-25-18(24)13-9-21-14-5-3-10(19)7-12(14)17(13)22-15-8-11(20)4-6-16(15)23/h3-9,23H,2H2,1H3,(H,21,22). The first-order valence-corrected chi connectivity index (χ1v) is 8.26. The van der Waals surface area contributed by atoms with Gasteiger partial charge in [0.2, 0.25) is 0 Å². The van der Waals surface area contributed by atoms with Gasteiger partial charge in [-0.15, -0.1) is 0 Å². The summed E-state index contributed by atoms with van der Waals surface area (Å²) in [4.78, 5) is 16.6. The number of hydrogen-bond donors (Lipinski definition) is 2. The monoisotopic (exact) mass is 376 g/mol.